The predicted octanol–water partition coefficient (Wildman–Crippen LogP) is 6.40. The molecule has 1 aliphatic carbocycles. The summed E-state index contributed by atoms with van der Waals surface area (Å²) in [6.45, 7) is 0.483. The summed E-state index contributed by atoms with van der Waals surface area (Å²) in [5.41, 5.74) is 4.24. The van der Waals surface area contributed by atoms with E-state index in [0.29, 0.717) is 18.5 Å². The maximum absolute atomic E-state index is 13.5. The number of imidazole rings is 1. The normalized spacial score (nSPS) is 14.4. The molecule has 5 rings (SSSR count). The van der Waals surface area contributed by atoms with E-state index >= 15 is 0 Å². The van der Waals surface area contributed by atoms with E-state index in [4.69, 9.17) is 9.97 Å². The Morgan fingerprint density at radius 2 is 1.55 bits per heavy atom. The van der Waals surface area contributed by atoms with E-state index in [-0.39, 0.29) is 11.6 Å². The van der Waals surface area contributed by atoms with Gasteiger partial charge in [0.25, 0.3) is 0 Å². The highest BCUT2D eigenvalue weighted by atomic mass is 19.1. The van der Waals surface area contributed by atoms with Crippen LogP contribution in [0.5, 0.6) is 0 Å². The largest absolute Gasteiger partial charge is 0.350 e. The molecule has 2 aromatic heterocycles. The van der Waals surface area contributed by atoms with Crippen molar-refractivity contribution in [2.24, 2.45) is 0 Å². The van der Waals surface area contributed by atoms with Crippen molar-refractivity contribution in [2.45, 2.75) is 44.7 Å². The summed E-state index contributed by atoms with van der Waals surface area (Å²) in [4.78, 5) is 13.9. The van der Waals surface area contributed by atoms with E-state index in [1.165, 1.54) is 43.5 Å². The van der Waals surface area contributed by atoms with Gasteiger partial charge in [-0.1, -0.05) is 31.4 Å². The molecule has 2 heterocycles. The maximum Gasteiger partial charge on any atom is 0.223 e. The molecule has 1 N–H and O–H groups in total. The quantitative estimate of drug-likeness (QED) is 0.373. The molecule has 0 amide bonds. The first-order valence-corrected chi connectivity index (χ1v) is 11.3. The number of hydrogen-bond donors (Lipinski definition) is 1. The molecule has 1 saturated carbocycles. The van der Waals surface area contributed by atoms with Crippen LogP contribution in [-0.2, 0) is 6.54 Å². The lowest BCUT2D eigenvalue weighted by atomic mass is 9.95. The Balaban J connectivity index is 1.50. The molecular weight excluding hydrogens is 420 g/mol. The predicted molar refractivity (Wildman–Crippen MR) is 124 cm³/mol. The number of benzene rings is 2. The lowest BCUT2D eigenvalue weighted by molar-refractivity contribution is 0.355. The molecule has 33 heavy (non-hydrogen) atoms. The van der Waals surface area contributed by atoms with E-state index in [2.05, 4.69) is 14.9 Å². The zero-order valence-corrected chi connectivity index (χ0v) is 18.2. The van der Waals surface area contributed by atoms with Gasteiger partial charge in [-0.3, -0.25) is 0 Å². The molecule has 0 radical (unpaired) electrons. The van der Waals surface area contributed by atoms with Gasteiger partial charge < -0.3 is 9.88 Å². The molecule has 7 heteroatoms. The minimum absolute atomic E-state index is 0.263. The molecule has 2 aromatic carbocycles. The fourth-order valence-electron chi connectivity index (χ4n) is 4.43. The van der Waals surface area contributed by atoms with Crippen molar-refractivity contribution in [2.75, 3.05) is 5.32 Å². The van der Waals surface area contributed by atoms with E-state index < -0.39 is 0 Å². The van der Waals surface area contributed by atoms with Crippen LogP contribution in [0.2, 0.25) is 0 Å². The van der Waals surface area contributed by atoms with Crippen molar-refractivity contribution in [1.29, 1.82) is 0 Å². The van der Waals surface area contributed by atoms with Crippen molar-refractivity contribution in [3.8, 4) is 22.6 Å². The van der Waals surface area contributed by atoms with E-state index in [9.17, 15) is 8.78 Å². The number of anilines is 1. The van der Waals surface area contributed by atoms with E-state index in [1.807, 2.05) is 12.4 Å². The second-order valence-corrected chi connectivity index (χ2v) is 8.39. The van der Waals surface area contributed by atoms with Crippen molar-refractivity contribution >= 4 is 5.95 Å². The molecule has 1 fully saturated rings. The summed E-state index contributed by atoms with van der Waals surface area (Å²) in [6.07, 6.45) is 9.47. The lowest BCUT2D eigenvalue weighted by Gasteiger charge is -2.25. The van der Waals surface area contributed by atoms with E-state index in [1.54, 1.807) is 30.5 Å². The number of nitrogens with one attached hydrogen (secondary N) is 1. The summed E-state index contributed by atoms with van der Waals surface area (Å²) in [5.74, 6) is -0.0547. The van der Waals surface area contributed by atoms with Crippen LogP contribution in [0.15, 0.2) is 67.1 Å². The fraction of sp³-hybridized carbons (Fsp3) is 0.269. The van der Waals surface area contributed by atoms with Crippen LogP contribution >= 0.6 is 0 Å². The topological polar surface area (TPSA) is 55.6 Å². The van der Waals surface area contributed by atoms with Crippen LogP contribution in [0, 0.1) is 11.6 Å². The van der Waals surface area contributed by atoms with Crippen molar-refractivity contribution in [3.05, 3.63) is 84.3 Å². The summed E-state index contributed by atoms with van der Waals surface area (Å²) >= 11 is 0. The second kappa shape index (κ2) is 9.48. The molecular formula is C26H25F2N5. The fourth-order valence-corrected chi connectivity index (χ4v) is 4.43. The molecule has 5 nitrogen and oxygen atoms in total. The van der Waals surface area contributed by atoms with Crippen LogP contribution < -0.4 is 5.32 Å². The van der Waals surface area contributed by atoms with Gasteiger partial charge in [0.15, 0.2) is 0 Å². The third kappa shape index (κ3) is 4.77. The molecule has 0 unspecified atom stereocenters. The minimum atomic E-state index is -0.277. The van der Waals surface area contributed by atoms with Crippen LogP contribution in [0.3, 0.4) is 0 Å². The standard InChI is InChI=1S/C26H25F2N5/c27-20-10-6-18(7-11-20)16-30-26-29-15-14-23(32-26)25-24(19-8-12-21(28)13-9-19)31-17-33(25)22-4-2-1-3-5-22/h6-15,17,22H,1-5,16H2,(H,29,30,32). The Kier molecular flexibility index (Phi) is 6.11. The number of nitrogens with zero attached hydrogens (tertiary/aromatic N) is 4. The first-order valence-electron chi connectivity index (χ1n) is 11.3. The number of rotatable bonds is 6. The molecule has 0 aliphatic heterocycles. The zero-order chi connectivity index (χ0) is 22.6. The van der Waals surface area contributed by atoms with Gasteiger partial charge in [-0.2, -0.15) is 0 Å². The Morgan fingerprint density at radius 1 is 0.848 bits per heavy atom. The van der Waals surface area contributed by atoms with Crippen molar-refractivity contribution in [1.82, 2.24) is 19.5 Å². The maximum atomic E-state index is 13.5. The molecule has 0 spiro atoms. The molecule has 0 bridgehead atoms. The molecule has 0 saturated heterocycles. The summed E-state index contributed by atoms with van der Waals surface area (Å²) in [5, 5.41) is 3.22. The Morgan fingerprint density at radius 3 is 2.27 bits per heavy atom. The molecule has 168 valence electrons. The summed E-state index contributed by atoms with van der Waals surface area (Å²) < 4.78 is 28.9. The highest BCUT2D eigenvalue weighted by molar-refractivity contribution is 5.77. The van der Waals surface area contributed by atoms with Crippen LogP contribution in [0.1, 0.15) is 43.7 Å². The van der Waals surface area contributed by atoms with Gasteiger partial charge in [0, 0.05) is 24.3 Å². The highest BCUT2D eigenvalue weighted by Crippen LogP contribution is 2.37. The number of hydrogen-bond acceptors (Lipinski definition) is 4. The van der Waals surface area contributed by atoms with Gasteiger partial charge in [-0.05, 0) is 60.9 Å². The third-order valence-corrected chi connectivity index (χ3v) is 6.14. The minimum Gasteiger partial charge on any atom is -0.350 e. The number of aromatic nitrogens is 4. The van der Waals surface area contributed by atoms with E-state index in [0.717, 1.165) is 41.1 Å². The van der Waals surface area contributed by atoms with Crippen LogP contribution in [0.25, 0.3) is 22.6 Å². The Bertz CT molecular complexity index is 1210. The summed E-state index contributed by atoms with van der Waals surface area (Å²) in [6, 6.07) is 15.0. The first kappa shape index (κ1) is 21.2. The zero-order valence-electron chi connectivity index (χ0n) is 18.2. The van der Waals surface area contributed by atoms with Gasteiger partial charge in [0.05, 0.1) is 23.4 Å². The van der Waals surface area contributed by atoms with Gasteiger partial charge in [-0.15, -0.1) is 0 Å². The SMILES string of the molecule is Fc1ccc(CNc2nccc(-c3c(-c4ccc(F)cc4)ncn3C3CCCCC3)n2)cc1. The second-order valence-electron chi connectivity index (χ2n) is 8.39. The average molecular weight is 446 g/mol. The summed E-state index contributed by atoms with van der Waals surface area (Å²) in [7, 11) is 0. The van der Waals surface area contributed by atoms with Gasteiger partial charge in [0.1, 0.15) is 11.6 Å². The molecule has 4 aromatic rings. The first-order chi connectivity index (χ1) is 16.2. The monoisotopic (exact) mass is 445 g/mol. The highest BCUT2D eigenvalue weighted by Gasteiger charge is 2.23. The Hall–Kier alpha value is -3.61. The van der Waals surface area contributed by atoms with Gasteiger partial charge in [0.2, 0.25) is 5.95 Å². The molecule has 1 aliphatic rings. The smallest absolute Gasteiger partial charge is 0.223 e. The average Bonchev–Trinajstić information content (AvgIpc) is 3.30. The molecule has 0 atom stereocenters. The van der Waals surface area contributed by atoms with Crippen molar-refractivity contribution < 1.29 is 8.78 Å². The third-order valence-electron chi connectivity index (χ3n) is 6.14. The van der Waals surface area contributed by atoms with Crippen molar-refractivity contribution in [3.63, 3.8) is 0 Å². The van der Waals surface area contributed by atoms with Crippen LogP contribution in [-0.4, -0.2) is 19.5 Å². The number of halogens is 2. The van der Waals surface area contributed by atoms with Crippen LogP contribution in [0.4, 0.5) is 14.7 Å². The lowest BCUT2D eigenvalue weighted by Crippen LogP contribution is -2.14. The van der Waals surface area contributed by atoms with Gasteiger partial charge in [-0.25, -0.2) is 23.7 Å². The van der Waals surface area contributed by atoms with Gasteiger partial charge >= 0.3 is 0 Å². The Labute approximate surface area is 191 Å².